The Morgan fingerprint density at radius 3 is 2.38 bits per heavy atom. The molecule has 196 valence electrons. The third kappa shape index (κ3) is 9.13. The highest BCUT2D eigenvalue weighted by Crippen LogP contribution is 2.23. The summed E-state index contributed by atoms with van der Waals surface area (Å²) in [4.78, 5) is 30.0. The molecule has 0 spiro atoms. The molecule has 0 saturated carbocycles. The number of nitrogens with zero attached hydrogens (tertiary/aromatic N) is 1. The summed E-state index contributed by atoms with van der Waals surface area (Å²) in [6.07, 6.45) is 1.55. The van der Waals surface area contributed by atoms with Gasteiger partial charge in [-0.3, -0.25) is 9.59 Å². The second-order valence-corrected chi connectivity index (χ2v) is 10.6. The summed E-state index contributed by atoms with van der Waals surface area (Å²) in [7, 11) is 1.62. The first-order chi connectivity index (χ1) is 17.9. The Bertz CT molecular complexity index is 1140. The fourth-order valence-electron chi connectivity index (χ4n) is 3.89. The SMILES string of the molecule is CCC(C)NC(=O)C(Cc1ccccc1)N(Cc1cccc(OC)c1)C(=O)CCSc1ccc(Cl)cc1. The lowest BCUT2D eigenvalue weighted by Gasteiger charge is -2.32. The van der Waals surface area contributed by atoms with Crippen LogP contribution in [0.15, 0.2) is 83.8 Å². The van der Waals surface area contributed by atoms with E-state index in [-0.39, 0.29) is 17.9 Å². The fourth-order valence-corrected chi connectivity index (χ4v) is 4.86. The van der Waals surface area contributed by atoms with Crippen LogP contribution in [-0.4, -0.2) is 41.7 Å². The zero-order chi connectivity index (χ0) is 26.6. The van der Waals surface area contributed by atoms with Gasteiger partial charge in [0, 0.05) is 41.1 Å². The molecule has 0 bridgehead atoms. The van der Waals surface area contributed by atoms with Gasteiger partial charge < -0.3 is 15.0 Å². The lowest BCUT2D eigenvalue weighted by Crippen LogP contribution is -2.52. The Labute approximate surface area is 229 Å². The second-order valence-electron chi connectivity index (χ2n) is 8.95. The number of benzene rings is 3. The van der Waals surface area contributed by atoms with Crippen LogP contribution >= 0.6 is 23.4 Å². The van der Waals surface area contributed by atoms with Gasteiger partial charge in [0.25, 0.3) is 0 Å². The lowest BCUT2D eigenvalue weighted by atomic mass is 10.0. The standard InChI is InChI=1S/C30H35ClN2O3S/c1-4-22(2)32-30(35)28(20-23-9-6-5-7-10-23)33(21-24-11-8-12-26(19-24)36-3)29(34)17-18-37-27-15-13-25(31)14-16-27/h5-16,19,22,28H,4,17-18,20-21H2,1-3H3,(H,32,35). The van der Waals surface area contributed by atoms with Crippen LogP contribution in [0, 0.1) is 0 Å². The van der Waals surface area contributed by atoms with Crippen LogP contribution in [-0.2, 0) is 22.6 Å². The topological polar surface area (TPSA) is 58.6 Å². The molecule has 2 atom stereocenters. The normalized spacial score (nSPS) is 12.4. The minimum atomic E-state index is -0.643. The lowest BCUT2D eigenvalue weighted by molar-refractivity contribution is -0.141. The monoisotopic (exact) mass is 538 g/mol. The summed E-state index contributed by atoms with van der Waals surface area (Å²) >= 11 is 7.60. The van der Waals surface area contributed by atoms with Crippen molar-refractivity contribution >= 4 is 35.2 Å². The molecule has 7 heteroatoms. The Balaban J connectivity index is 1.86. The predicted molar refractivity (Wildman–Crippen MR) is 152 cm³/mol. The number of hydrogen-bond acceptors (Lipinski definition) is 4. The van der Waals surface area contributed by atoms with Gasteiger partial charge in [0.1, 0.15) is 11.8 Å². The van der Waals surface area contributed by atoms with E-state index < -0.39 is 6.04 Å². The molecule has 2 amide bonds. The van der Waals surface area contributed by atoms with Crippen LogP contribution in [0.1, 0.15) is 37.8 Å². The molecule has 0 aromatic heterocycles. The van der Waals surface area contributed by atoms with Crippen LogP contribution in [0.2, 0.25) is 5.02 Å². The summed E-state index contributed by atoms with van der Waals surface area (Å²) in [5.74, 6) is 1.11. The Morgan fingerprint density at radius 2 is 1.70 bits per heavy atom. The van der Waals surface area contributed by atoms with E-state index in [1.165, 1.54) is 0 Å². The first kappa shape index (κ1) is 28.6. The highest BCUT2D eigenvalue weighted by atomic mass is 35.5. The number of nitrogens with one attached hydrogen (secondary N) is 1. The van der Waals surface area contributed by atoms with Gasteiger partial charge in [-0.15, -0.1) is 11.8 Å². The minimum Gasteiger partial charge on any atom is -0.497 e. The van der Waals surface area contributed by atoms with Crippen molar-refractivity contribution in [1.29, 1.82) is 0 Å². The number of carbonyl (C=O) groups is 2. The maximum absolute atomic E-state index is 13.7. The number of halogens is 1. The molecule has 0 radical (unpaired) electrons. The van der Waals surface area contributed by atoms with E-state index in [4.69, 9.17) is 16.3 Å². The van der Waals surface area contributed by atoms with Crippen molar-refractivity contribution in [1.82, 2.24) is 10.2 Å². The number of rotatable bonds is 13. The van der Waals surface area contributed by atoms with Crippen LogP contribution in [0.4, 0.5) is 0 Å². The van der Waals surface area contributed by atoms with Crippen LogP contribution in [0.3, 0.4) is 0 Å². The highest BCUT2D eigenvalue weighted by molar-refractivity contribution is 7.99. The molecular formula is C30H35ClN2O3S. The van der Waals surface area contributed by atoms with E-state index in [0.717, 1.165) is 22.4 Å². The zero-order valence-electron chi connectivity index (χ0n) is 21.7. The highest BCUT2D eigenvalue weighted by Gasteiger charge is 2.30. The maximum Gasteiger partial charge on any atom is 0.243 e. The molecule has 3 aromatic carbocycles. The van der Waals surface area contributed by atoms with E-state index in [2.05, 4.69) is 5.32 Å². The Hall–Kier alpha value is -2.96. The van der Waals surface area contributed by atoms with Gasteiger partial charge in [0.2, 0.25) is 11.8 Å². The van der Waals surface area contributed by atoms with Gasteiger partial charge in [-0.1, -0.05) is 61.0 Å². The largest absolute Gasteiger partial charge is 0.497 e. The second kappa shape index (κ2) is 14.7. The molecular weight excluding hydrogens is 504 g/mol. The number of hydrogen-bond donors (Lipinski definition) is 1. The van der Waals surface area contributed by atoms with Gasteiger partial charge in [-0.05, 0) is 60.9 Å². The fraction of sp³-hybridized carbons (Fsp3) is 0.333. The summed E-state index contributed by atoms with van der Waals surface area (Å²) in [5, 5.41) is 3.79. The molecule has 0 saturated heterocycles. The maximum atomic E-state index is 13.7. The number of methoxy groups -OCH3 is 1. The number of ether oxygens (including phenoxy) is 1. The zero-order valence-corrected chi connectivity index (χ0v) is 23.2. The van der Waals surface area contributed by atoms with Crippen LogP contribution in [0.25, 0.3) is 0 Å². The third-order valence-corrected chi connectivity index (χ3v) is 7.42. The van der Waals surface area contributed by atoms with E-state index in [1.807, 2.05) is 92.7 Å². The molecule has 3 aromatic rings. The molecule has 2 unspecified atom stereocenters. The van der Waals surface area contributed by atoms with Crippen molar-refractivity contribution in [2.45, 2.75) is 56.6 Å². The molecule has 1 N–H and O–H groups in total. The Morgan fingerprint density at radius 1 is 1.00 bits per heavy atom. The van der Waals surface area contributed by atoms with E-state index in [9.17, 15) is 9.59 Å². The van der Waals surface area contributed by atoms with E-state index in [1.54, 1.807) is 23.8 Å². The molecule has 5 nitrogen and oxygen atoms in total. The summed E-state index contributed by atoms with van der Waals surface area (Å²) in [5.41, 5.74) is 1.92. The molecule has 3 rings (SSSR count). The molecule has 0 aliphatic heterocycles. The molecule has 37 heavy (non-hydrogen) atoms. The molecule has 0 aliphatic rings. The number of thioether (sulfide) groups is 1. The third-order valence-electron chi connectivity index (χ3n) is 6.16. The van der Waals surface area contributed by atoms with E-state index >= 15 is 0 Å². The van der Waals surface area contributed by atoms with Gasteiger partial charge in [0.05, 0.1) is 7.11 Å². The number of carbonyl (C=O) groups excluding carboxylic acids is 2. The first-order valence-corrected chi connectivity index (χ1v) is 13.9. The van der Waals surface area contributed by atoms with Gasteiger partial charge in [0.15, 0.2) is 0 Å². The summed E-state index contributed by atoms with van der Waals surface area (Å²) < 4.78 is 5.39. The number of amides is 2. The summed E-state index contributed by atoms with van der Waals surface area (Å²) in [6.45, 7) is 4.33. The van der Waals surface area contributed by atoms with Crippen LogP contribution in [0.5, 0.6) is 5.75 Å². The minimum absolute atomic E-state index is 0.0139. The molecule has 0 fully saturated rings. The van der Waals surface area contributed by atoms with Crippen molar-refractivity contribution in [2.75, 3.05) is 12.9 Å². The predicted octanol–water partition coefficient (Wildman–Crippen LogP) is 6.39. The summed E-state index contributed by atoms with van der Waals surface area (Å²) in [6, 6.07) is 24.4. The van der Waals surface area contributed by atoms with Gasteiger partial charge >= 0.3 is 0 Å². The van der Waals surface area contributed by atoms with E-state index in [0.29, 0.717) is 35.9 Å². The van der Waals surface area contributed by atoms with Gasteiger partial charge in [-0.2, -0.15) is 0 Å². The van der Waals surface area contributed by atoms with Crippen molar-refractivity contribution in [3.63, 3.8) is 0 Å². The van der Waals surface area contributed by atoms with Crippen molar-refractivity contribution in [2.24, 2.45) is 0 Å². The quantitative estimate of drug-likeness (QED) is 0.256. The van der Waals surface area contributed by atoms with Crippen molar-refractivity contribution in [3.8, 4) is 5.75 Å². The first-order valence-electron chi connectivity index (χ1n) is 12.5. The van der Waals surface area contributed by atoms with Gasteiger partial charge in [-0.25, -0.2) is 0 Å². The molecule has 0 aliphatic carbocycles. The Kier molecular flexibility index (Phi) is 11.4. The van der Waals surface area contributed by atoms with Crippen molar-refractivity contribution < 1.29 is 14.3 Å². The smallest absolute Gasteiger partial charge is 0.243 e. The average molecular weight is 539 g/mol. The molecule has 0 heterocycles. The van der Waals surface area contributed by atoms with Crippen molar-refractivity contribution in [3.05, 3.63) is 95.0 Å². The van der Waals surface area contributed by atoms with Crippen LogP contribution < -0.4 is 10.1 Å². The average Bonchev–Trinajstić information content (AvgIpc) is 2.92.